The number of phenolic OH excluding ortho intramolecular Hbond substituents is 1. The molecule has 1 aliphatic rings. The Morgan fingerprint density at radius 3 is 1.96 bits per heavy atom. The third-order valence-corrected chi connectivity index (χ3v) is 7.84. The first kappa shape index (κ1) is 36.5. The van der Waals surface area contributed by atoms with Crippen molar-refractivity contribution in [2.45, 2.75) is 82.6 Å². The van der Waals surface area contributed by atoms with Gasteiger partial charge < -0.3 is 42.5 Å². The van der Waals surface area contributed by atoms with Crippen LogP contribution >= 0.6 is 0 Å². The summed E-state index contributed by atoms with van der Waals surface area (Å²) in [5, 5.41) is 26.6. The number of phenols is 1. The van der Waals surface area contributed by atoms with Crippen molar-refractivity contribution >= 4 is 35.5 Å². The summed E-state index contributed by atoms with van der Waals surface area (Å²) >= 11 is 0. The van der Waals surface area contributed by atoms with E-state index in [-0.39, 0.29) is 30.4 Å². The molecule has 3 rings (SSSR count). The van der Waals surface area contributed by atoms with Crippen molar-refractivity contribution in [1.29, 1.82) is 0 Å². The standard InChI is InChI=1S/C33H44N6O8/c1-19(2)15-23(34)33(47)39-14-6-9-27(39)32(46)38-26(17-21-10-12-22(40)13-11-21)31(45)37-25(16-20-7-4-3-5-8-20)30(44)36-24(29(35)43)18-28(41)42/h3-5,7-8,10-13,19,23-27,40H,6,9,14-18,34H2,1-2H3,(H2,35,43)(H,36,44)(H,37,45)(H,38,46)(H,41,42). The molecule has 14 nitrogen and oxygen atoms in total. The Labute approximate surface area is 273 Å². The number of carbonyl (C=O) groups excluding carboxylic acids is 5. The van der Waals surface area contributed by atoms with E-state index in [9.17, 15) is 39.0 Å². The van der Waals surface area contributed by atoms with Gasteiger partial charge >= 0.3 is 5.97 Å². The van der Waals surface area contributed by atoms with Crippen LogP contribution in [0.25, 0.3) is 0 Å². The van der Waals surface area contributed by atoms with Crippen LogP contribution in [0, 0.1) is 5.92 Å². The van der Waals surface area contributed by atoms with Crippen LogP contribution in [0.5, 0.6) is 5.75 Å². The number of aromatic hydroxyl groups is 1. The van der Waals surface area contributed by atoms with Crippen molar-refractivity contribution in [3.05, 3.63) is 65.7 Å². The molecule has 0 radical (unpaired) electrons. The molecule has 254 valence electrons. The van der Waals surface area contributed by atoms with Crippen LogP contribution in [0.1, 0.15) is 50.7 Å². The molecule has 5 atom stereocenters. The number of hydrogen-bond acceptors (Lipinski definition) is 8. The summed E-state index contributed by atoms with van der Waals surface area (Å²) in [5.41, 5.74) is 12.7. The number of benzene rings is 2. The largest absolute Gasteiger partial charge is 0.508 e. The van der Waals surface area contributed by atoms with E-state index in [1.807, 2.05) is 13.8 Å². The average molecular weight is 653 g/mol. The van der Waals surface area contributed by atoms with E-state index in [0.29, 0.717) is 36.9 Å². The zero-order chi connectivity index (χ0) is 34.7. The highest BCUT2D eigenvalue weighted by Crippen LogP contribution is 2.21. The van der Waals surface area contributed by atoms with Crippen molar-refractivity contribution < 1.29 is 39.0 Å². The number of carboxylic acids is 1. The van der Waals surface area contributed by atoms with Gasteiger partial charge in [-0.15, -0.1) is 0 Å². The second kappa shape index (κ2) is 17.1. The van der Waals surface area contributed by atoms with E-state index in [0.717, 1.165) is 0 Å². The Kier molecular flexibility index (Phi) is 13.3. The average Bonchev–Trinajstić information content (AvgIpc) is 3.51. The fourth-order valence-corrected chi connectivity index (χ4v) is 5.47. The fraction of sp³-hybridized carbons (Fsp3) is 0.455. The number of rotatable bonds is 16. The van der Waals surface area contributed by atoms with Crippen molar-refractivity contribution in [2.24, 2.45) is 17.4 Å². The third kappa shape index (κ3) is 11.1. The molecule has 2 aromatic rings. The lowest BCUT2D eigenvalue weighted by Crippen LogP contribution is -2.59. The molecule has 5 unspecified atom stereocenters. The molecular formula is C33H44N6O8. The minimum atomic E-state index is -1.53. The van der Waals surface area contributed by atoms with Crippen LogP contribution in [0.15, 0.2) is 54.6 Å². The van der Waals surface area contributed by atoms with Crippen LogP contribution in [-0.2, 0) is 41.6 Å². The summed E-state index contributed by atoms with van der Waals surface area (Å²) in [6.45, 7) is 4.23. The first-order chi connectivity index (χ1) is 22.2. The number of aliphatic carboxylic acids is 1. The molecule has 0 aromatic heterocycles. The first-order valence-corrected chi connectivity index (χ1v) is 15.5. The van der Waals surface area contributed by atoms with Gasteiger partial charge in [0, 0.05) is 19.4 Å². The number of hydrogen-bond donors (Lipinski definition) is 7. The van der Waals surface area contributed by atoms with Crippen LogP contribution in [-0.4, -0.2) is 87.4 Å². The van der Waals surface area contributed by atoms with Crippen molar-refractivity contribution in [2.75, 3.05) is 6.54 Å². The minimum absolute atomic E-state index is 0.00148. The molecule has 0 bridgehead atoms. The SMILES string of the molecule is CC(C)CC(N)C(=O)N1CCCC1C(=O)NC(Cc1ccc(O)cc1)C(=O)NC(Cc1ccccc1)C(=O)NC(CC(=O)O)C(N)=O. The fourth-order valence-electron chi connectivity index (χ4n) is 5.47. The van der Waals surface area contributed by atoms with Crippen LogP contribution in [0.4, 0.5) is 0 Å². The van der Waals surface area contributed by atoms with Gasteiger partial charge in [0.1, 0.15) is 29.9 Å². The van der Waals surface area contributed by atoms with Crippen LogP contribution in [0.3, 0.4) is 0 Å². The number of carbonyl (C=O) groups is 6. The van der Waals surface area contributed by atoms with Gasteiger partial charge in [-0.05, 0) is 48.4 Å². The third-order valence-electron chi connectivity index (χ3n) is 7.84. The molecule has 2 aromatic carbocycles. The predicted octanol–water partition coefficient (Wildman–Crippen LogP) is -0.0438. The Morgan fingerprint density at radius 2 is 1.40 bits per heavy atom. The highest BCUT2D eigenvalue weighted by Gasteiger charge is 2.38. The van der Waals surface area contributed by atoms with Crippen LogP contribution in [0.2, 0.25) is 0 Å². The van der Waals surface area contributed by atoms with Crippen molar-refractivity contribution in [3.8, 4) is 5.75 Å². The van der Waals surface area contributed by atoms with Crippen molar-refractivity contribution in [3.63, 3.8) is 0 Å². The number of nitrogens with two attached hydrogens (primary N) is 2. The number of primary amides is 1. The molecule has 1 fully saturated rings. The van der Waals surface area contributed by atoms with Gasteiger partial charge in [0.25, 0.3) is 0 Å². The number of carboxylic acid groups (broad SMARTS) is 1. The maximum absolute atomic E-state index is 13.9. The Bertz CT molecular complexity index is 1420. The zero-order valence-electron chi connectivity index (χ0n) is 26.6. The van der Waals surface area contributed by atoms with E-state index in [1.165, 1.54) is 17.0 Å². The molecule has 5 amide bonds. The second-order valence-corrected chi connectivity index (χ2v) is 12.2. The van der Waals surface area contributed by atoms with Gasteiger partial charge in [-0.3, -0.25) is 28.8 Å². The minimum Gasteiger partial charge on any atom is -0.508 e. The molecule has 0 saturated carbocycles. The maximum atomic E-state index is 13.9. The number of likely N-dealkylation sites (tertiary alicyclic amines) is 1. The van der Waals surface area contributed by atoms with E-state index in [4.69, 9.17) is 11.5 Å². The van der Waals surface area contributed by atoms with E-state index in [1.54, 1.807) is 42.5 Å². The summed E-state index contributed by atoms with van der Waals surface area (Å²) in [4.78, 5) is 78.6. The summed E-state index contributed by atoms with van der Waals surface area (Å²) < 4.78 is 0. The van der Waals surface area contributed by atoms with E-state index >= 15 is 0 Å². The lowest BCUT2D eigenvalue weighted by molar-refractivity contribution is -0.141. The molecule has 1 saturated heterocycles. The quantitative estimate of drug-likeness (QED) is 0.129. The molecule has 1 heterocycles. The Hall–Kier alpha value is -4.98. The molecule has 0 aliphatic carbocycles. The van der Waals surface area contributed by atoms with Gasteiger partial charge in [-0.25, -0.2) is 0 Å². The molecule has 0 spiro atoms. The molecule has 1 aliphatic heterocycles. The van der Waals surface area contributed by atoms with Gasteiger partial charge in [0.15, 0.2) is 0 Å². The predicted molar refractivity (Wildman–Crippen MR) is 171 cm³/mol. The summed E-state index contributed by atoms with van der Waals surface area (Å²) in [7, 11) is 0. The van der Waals surface area contributed by atoms with E-state index < -0.39 is 66.2 Å². The van der Waals surface area contributed by atoms with E-state index in [2.05, 4.69) is 16.0 Å². The smallest absolute Gasteiger partial charge is 0.305 e. The highest BCUT2D eigenvalue weighted by molar-refractivity contribution is 5.96. The first-order valence-electron chi connectivity index (χ1n) is 15.5. The number of amides is 5. The van der Waals surface area contributed by atoms with Gasteiger partial charge in [-0.1, -0.05) is 56.3 Å². The van der Waals surface area contributed by atoms with Crippen LogP contribution < -0.4 is 27.4 Å². The monoisotopic (exact) mass is 652 g/mol. The van der Waals surface area contributed by atoms with Gasteiger partial charge in [0.05, 0.1) is 12.5 Å². The molecular weight excluding hydrogens is 608 g/mol. The van der Waals surface area contributed by atoms with Gasteiger partial charge in [-0.2, -0.15) is 0 Å². The summed E-state index contributed by atoms with van der Waals surface area (Å²) in [6, 6.07) is 9.01. The zero-order valence-corrected chi connectivity index (χ0v) is 26.6. The normalized spacial score (nSPS) is 16.9. The lowest BCUT2D eigenvalue weighted by atomic mass is 10.0. The summed E-state index contributed by atoms with van der Waals surface area (Å²) in [6.07, 6.45) is 0.567. The molecule has 9 N–H and O–H groups in total. The highest BCUT2D eigenvalue weighted by atomic mass is 16.4. The van der Waals surface area contributed by atoms with Gasteiger partial charge in [0.2, 0.25) is 29.5 Å². The molecule has 47 heavy (non-hydrogen) atoms. The Morgan fingerprint density at radius 1 is 0.851 bits per heavy atom. The summed E-state index contributed by atoms with van der Waals surface area (Å²) in [5.74, 6) is -4.76. The Balaban J connectivity index is 1.87. The number of nitrogens with zero attached hydrogens (tertiary/aromatic N) is 1. The maximum Gasteiger partial charge on any atom is 0.305 e. The topological polar surface area (TPSA) is 234 Å². The van der Waals surface area contributed by atoms with Crippen molar-refractivity contribution in [1.82, 2.24) is 20.9 Å². The molecule has 14 heteroatoms. The number of nitrogens with one attached hydrogen (secondary N) is 3. The lowest BCUT2D eigenvalue weighted by Gasteiger charge is -2.29. The second-order valence-electron chi connectivity index (χ2n) is 12.2.